The van der Waals surface area contributed by atoms with Crippen molar-refractivity contribution in [3.63, 3.8) is 0 Å². The molecule has 2 aromatic heterocycles. The van der Waals surface area contributed by atoms with Crippen molar-refractivity contribution in [3.8, 4) is 0 Å². The largest absolute Gasteiger partial charge is 0.340 e. The maximum Gasteiger partial charge on any atom is 0.138 e. The summed E-state index contributed by atoms with van der Waals surface area (Å²) in [5, 5.41) is 3.55. The molecule has 118 valence electrons. The average Bonchev–Trinajstić information content (AvgIpc) is 3.01. The summed E-state index contributed by atoms with van der Waals surface area (Å²) >= 11 is 0. The highest BCUT2D eigenvalue weighted by Crippen LogP contribution is 2.32. The second-order valence-electron chi connectivity index (χ2n) is 5.90. The van der Waals surface area contributed by atoms with Crippen LogP contribution in [-0.4, -0.2) is 9.38 Å². The normalized spacial score (nSPS) is 12.2. The van der Waals surface area contributed by atoms with Crippen molar-refractivity contribution in [1.82, 2.24) is 9.38 Å². The fourth-order valence-electron chi connectivity index (χ4n) is 3.00. The summed E-state index contributed by atoms with van der Waals surface area (Å²) in [4.78, 5) is 4.89. The van der Waals surface area contributed by atoms with Gasteiger partial charge in [-0.05, 0) is 29.8 Å². The number of anilines is 2. The van der Waals surface area contributed by atoms with Gasteiger partial charge in [0.2, 0.25) is 0 Å². The van der Waals surface area contributed by atoms with Gasteiger partial charge in [0.1, 0.15) is 11.5 Å². The number of pyridine rings is 1. The Morgan fingerprint density at radius 3 is 2.25 bits per heavy atom. The Morgan fingerprint density at radius 1 is 0.833 bits per heavy atom. The SMILES string of the molecule is CC(c1ccccc1)c1nc2ccccn2c1Nc1ccccc1. The predicted octanol–water partition coefficient (Wildman–Crippen LogP) is 5.23. The van der Waals surface area contributed by atoms with Crippen LogP contribution in [0.3, 0.4) is 0 Å². The van der Waals surface area contributed by atoms with Crippen LogP contribution in [0.2, 0.25) is 0 Å². The molecule has 3 nitrogen and oxygen atoms in total. The van der Waals surface area contributed by atoms with Gasteiger partial charge in [0.15, 0.2) is 0 Å². The molecule has 4 rings (SSSR count). The molecular formula is C21H19N3. The first-order valence-corrected chi connectivity index (χ1v) is 8.17. The zero-order valence-corrected chi connectivity index (χ0v) is 13.6. The van der Waals surface area contributed by atoms with Crippen LogP contribution in [0.25, 0.3) is 5.65 Å². The second-order valence-corrected chi connectivity index (χ2v) is 5.90. The van der Waals surface area contributed by atoms with Gasteiger partial charge < -0.3 is 5.32 Å². The number of hydrogen-bond donors (Lipinski definition) is 1. The molecule has 0 bridgehead atoms. The number of imidazole rings is 1. The summed E-state index contributed by atoms with van der Waals surface area (Å²) in [6.07, 6.45) is 2.05. The summed E-state index contributed by atoms with van der Waals surface area (Å²) < 4.78 is 2.11. The molecule has 1 unspecified atom stereocenters. The lowest BCUT2D eigenvalue weighted by Crippen LogP contribution is -2.02. The van der Waals surface area contributed by atoms with Gasteiger partial charge in [-0.25, -0.2) is 4.98 Å². The van der Waals surface area contributed by atoms with Crippen molar-refractivity contribution in [1.29, 1.82) is 0 Å². The number of para-hydroxylation sites is 1. The molecule has 4 aromatic rings. The molecule has 1 N–H and O–H groups in total. The minimum Gasteiger partial charge on any atom is -0.340 e. The number of hydrogen-bond acceptors (Lipinski definition) is 2. The highest BCUT2D eigenvalue weighted by atomic mass is 15.1. The predicted molar refractivity (Wildman–Crippen MR) is 98.9 cm³/mol. The first-order valence-electron chi connectivity index (χ1n) is 8.17. The van der Waals surface area contributed by atoms with E-state index >= 15 is 0 Å². The van der Waals surface area contributed by atoms with E-state index in [-0.39, 0.29) is 5.92 Å². The Labute approximate surface area is 141 Å². The Bertz CT molecular complexity index is 943. The number of benzene rings is 2. The summed E-state index contributed by atoms with van der Waals surface area (Å²) in [5.41, 5.74) is 4.33. The molecule has 1 atom stereocenters. The minimum atomic E-state index is 0.206. The van der Waals surface area contributed by atoms with Crippen molar-refractivity contribution in [2.24, 2.45) is 0 Å². The fraction of sp³-hybridized carbons (Fsp3) is 0.0952. The van der Waals surface area contributed by atoms with Crippen LogP contribution in [-0.2, 0) is 0 Å². The van der Waals surface area contributed by atoms with Crippen LogP contribution >= 0.6 is 0 Å². The number of aromatic nitrogens is 2. The lowest BCUT2D eigenvalue weighted by molar-refractivity contribution is 0.888. The molecule has 0 fully saturated rings. The molecule has 0 aliphatic carbocycles. The van der Waals surface area contributed by atoms with Gasteiger partial charge in [-0.2, -0.15) is 0 Å². The van der Waals surface area contributed by atoms with Crippen molar-refractivity contribution in [2.45, 2.75) is 12.8 Å². The van der Waals surface area contributed by atoms with Gasteiger partial charge in [-0.3, -0.25) is 4.40 Å². The highest BCUT2D eigenvalue weighted by Gasteiger charge is 2.19. The van der Waals surface area contributed by atoms with Crippen molar-refractivity contribution < 1.29 is 0 Å². The highest BCUT2D eigenvalue weighted by molar-refractivity contribution is 5.65. The summed E-state index contributed by atoms with van der Waals surface area (Å²) in [6.45, 7) is 2.20. The van der Waals surface area contributed by atoms with Gasteiger partial charge in [0.05, 0.1) is 5.69 Å². The zero-order valence-electron chi connectivity index (χ0n) is 13.6. The van der Waals surface area contributed by atoms with Gasteiger partial charge >= 0.3 is 0 Å². The zero-order chi connectivity index (χ0) is 16.4. The first-order chi connectivity index (χ1) is 11.8. The molecule has 0 aliphatic rings. The lowest BCUT2D eigenvalue weighted by Gasteiger charge is -2.14. The third kappa shape index (κ3) is 2.65. The van der Waals surface area contributed by atoms with E-state index in [0.717, 1.165) is 22.8 Å². The van der Waals surface area contributed by atoms with Crippen molar-refractivity contribution in [2.75, 3.05) is 5.32 Å². The summed E-state index contributed by atoms with van der Waals surface area (Å²) in [6, 6.07) is 26.8. The quantitative estimate of drug-likeness (QED) is 0.559. The monoisotopic (exact) mass is 313 g/mol. The summed E-state index contributed by atoms with van der Waals surface area (Å²) in [5.74, 6) is 1.23. The Hall–Kier alpha value is -3.07. The standard InChI is InChI=1S/C21H19N3/c1-16(17-10-4-2-5-11-17)20-21(22-18-12-6-3-7-13-18)24-15-9-8-14-19(24)23-20/h2-16,22H,1H3. The van der Waals surface area contributed by atoms with Crippen LogP contribution in [0.1, 0.15) is 24.1 Å². The maximum absolute atomic E-state index is 4.89. The molecule has 0 amide bonds. The third-order valence-corrected chi connectivity index (χ3v) is 4.30. The molecule has 0 spiro atoms. The maximum atomic E-state index is 4.89. The molecule has 0 saturated carbocycles. The molecule has 2 heterocycles. The number of fused-ring (bicyclic) bond motifs is 1. The van der Waals surface area contributed by atoms with E-state index in [2.05, 4.69) is 59.2 Å². The van der Waals surface area contributed by atoms with E-state index in [9.17, 15) is 0 Å². The number of nitrogens with one attached hydrogen (secondary N) is 1. The van der Waals surface area contributed by atoms with E-state index in [0.29, 0.717) is 0 Å². The van der Waals surface area contributed by atoms with E-state index in [1.165, 1.54) is 5.56 Å². The van der Waals surface area contributed by atoms with Crippen LogP contribution in [0, 0.1) is 0 Å². The van der Waals surface area contributed by atoms with Crippen LogP contribution < -0.4 is 5.32 Å². The van der Waals surface area contributed by atoms with Gasteiger partial charge in [-0.1, -0.05) is 61.5 Å². The Morgan fingerprint density at radius 2 is 1.50 bits per heavy atom. The van der Waals surface area contributed by atoms with Gasteiger partial charge in [-0.15, -0.1) is 0 Å². The number of rotatable bonds is 4. The van der Waals surface area contributed by atoms with E-state index in [1.807, 2.05) is 42.5 Å². The van der Waals surface area contributed by atoms with E-state index in [4.69, 9.17) is 4.98 Å². The molecule has 0 radical (unpaired) electrons. The van der Waals surface area contributed by atoms with Crippen LogP contribution in [0.4, 0.5) is 11.5 Å². The van der Waals surface area contributed by atoms with Crippen LogP contribution in [0.15, 0.2) is 85.1 Å². The molecule has 24 heavy (non-hydrogen) atoms. The molecular weight excluding hydrogens is 294 g/mol. The molecule has 0 aliphatic heterocycles. The van der Waals surface area contributed by atoms with Crippen molar-refractivity contribution >= 4 is 17.2 Å². The third-order valence-electron chi connectivity index (χ3n) is 4.30. The number of nitrogens with zero attached hydrogens (tertiary/aromatic N) is 2. The van der Waals surface area contributed by atoms with E-state index < -0.39 is 0 Å². The average molecular weight is 313 g/mol. The topological polar surface area (TPSA) is 29.3 Å². The molecule has 2 aromatic carbocycles. The Balaban J connectivity index is 1.84. The smallest absolute Gasteiger partial charge is 0.138 e. The summed E-state index contributed by atoms with van der Waals surface area (Å²) in [7, 11) is 0. The van der Waals surface area contributed by atoms with E-state index in [1.54, 1.807) is 0 Å². The van der Waals surface area contributed by atoms with Crippen LogP contribution in [0.5, 0.6) is 0 Å². The lowest BCUT2D eigenvalue weighted by atomic mass is 9.98. The Kier molecular flexibility index (Phi) is 3.75. The minimum absolute atomic E-state index is 0.206. The van der Waals surface area contributed by atoms with Gasteiger partial charge in [0, 0.05) is 17.8 Å². The fourth-order valence-corrected chi connectivity index (χ4v) is 3.00. The molecule has 0 saturated heterocycles. The van der Waals surface area contributed by atoms with Crippen molar-refractivity contribution in [3.05, 3.63) is 96.3 Å². The second kappa shape index (κ2) is 6.20. The van der Waals surface area contributed by atoms with Gasteiger partial charge in [0.25, 0.3) is 0 Å². The molecule has 3 heteroatoms. The first kappa shape index (κ1) is 14.5.